The van der Waals surface area contributed by atoms with Gasteiger partial charge >= 0.3 is 0 Å². The van der Waals surface area contributed by atoms with Gasteiger partial charge in [0.2, 0.25) is 0 Å². The van der Waals surface area contributed by atoms with Gasteiger partial charge in [-0.2, -0.15) is 5.10 Å². The van der Waals surface area contributed by atoms with Crippen LogP contribution in [0.15, 0.2) is 36.5 Å². The Morgan fingerprint density at radius 1 is 1.15 bits per heavy atom. The number of H-pyrrole nitrogens is 1. The van der Waals surface area contributed by atoms with Crippen LogP contribution >= 0.6 is 11.3 Å². The van der Waals surface area contributed by atoms with Crippen LogP contribution in [-0.2, 0) is 0 Å². The van der Waals surface area contributed by atoms with Crippen LogP contribution < -0.4 is 4.90 Å². The van der Waals surface area contributed by atoms with Gasteiger partial charge < -0.3 is 4.90 Å². The van der Waals surface area contributed by atoms with Gasteiger partial charge in [0.15, 0.2) is 5.13 Å². The standard InChI is InChI=1S/C15H16N4S/c1-2-4-14-13(3-1)17-15(20-14)19-9-6-11(7-10-19)12-5-8-16-18-12/h1-5,8,11H,6-7,9-10H2,(H,16,18). The van der Waals surface area contributed by atoms with Crippen molar-refractivity contribution in [1.29, 1.82) is 0 Å². The lowest BCUT2D eigenvalue weighted by Crippen LogP contribution is -2.32. The third kappa shape index (κ3) is 2.08. The van der Waals surface area contributed by atoms with E-state index in [1.165, 1.54) is 10.4 Å². The van der Waals surface area contributed by atoms with Crippen LogP contribution in [0.4, 0.5) is 5.13 Å². The lowest BCUT2D eigenvalue weighted by atomic mass is 9.94. The van der Waals surface area contributed by atoms with Crippen LogP contribution in [0.5, 0.6) is 0 Å². The molecular weight excluding hydrogens is 268 g/mol. The maximum absolute atomic E-state index is 4.75. The van der Waals surface area contributed by atoms with E-state index in [-0.39, 0.29) is 0 Å². The number of nitrogens with one attached hydrogen (secondary N) is 1. The van der Waals surface area contributed by atoms with Crippen molar-refractivity contribution in [1.82, 2.24) is 15.2 Å². The molecule has 20 heavy (non-hydrogen) atoms. The fourth-order valence-electron chi connectivity index (χ4n) is 2.87. The fourth-order valence-corrected chi connectivity index (χ4v) is 3.89. The average Bonchev–Trinajstić information content (AvgIpc) is 3.17. The molecule has 1 aliphatic rings. The lowest BCUT2D eigenvalue weighted by Gasteiger charge is -2.31. The van der Waals surface area contributed by atoms with E-state index in [0.717, 1.165) is 36.6 Å². The third-order valence-electron chi connectivity index (χ3n) is 4.01. The van der Waals surface area contributed by atoms with E-state index in [9.17, 15) is 0 Å². The molecule has 1 fully saturated rings. The summed E-state index contributed by atoms with van der Waals surface area (Å²) in [6, 6.07) is 10.5. The van der Waals surface area contributed by atoms with Crippen molar-refractivity contribution in [3.05, 3.63) is 42.2 Å². The monoisotopic (exact) mass is 284 g/mol. The molecule has 0 saturated carbocycles. The van der Waals surface area contributed by atoms with E-state index in [0.29, 0.717) is 5.92 Å². The molecule has 0 radical (unpaired) electrons. The highest BCUT2D eigenvalue weighted by Crippen LogP contribution is 2.33. The van der Waals surface area contributed by atoms with Gasteiger partial charge in [0.25, 0.3) is 0 Å². The molecular formula is C15H16N4S. The number of piperidine rings is 1. The summed E-state index contributed by atoms with van der Waals surface area (Å²) in [5, 5.41) is 8.32. The molecule has 1 N–H and O–H groups in total. The van der Waals surface area contributed by atoms with Crippen molar-refractivity contribution in [2.45, 2.75) is 18.8 Å². The first-order valence-electron chi connectivity index (χ1n) is 7.00. The molecule has 0 bridgehead atoms. The number of thiazole rings is 1. The Hall–Kier alpha value is -1.88. The van der Waals surface area contributed by atoms with E-state index >= 15 is 0 Å². The van der Waals surface area contributed by atoms with Crippen LogP contribution in [0.2, 0.25) is 0 Å². The van der Waals surface area contributed by atoms with Crippen molar-refractivity contribution in [3.8, 4) is 0 Å². The Bertz CT molecular complexity index is 663. The molecule has 2 aromatic heterocycles. The molecule has 1 aliphatic heterocycles. The van der Waals surface area contributed by atoms with Gasteiger partial charge in [-0.3, -0.25) is 5.10 Å². The molecule has 0 spiro atoms. The summed E-state index contributed by atoms with van der Waals surface area (Å²) in [5.74, 6) is 0.614. The van der Waals surface area contributed by atoms with Crippen LogP contribution in [0.1, 0.15) is 24.5 Å². The quantitative estimate of drug-likeness (QED) is 0.784. The highest BCUT2D eigenvalue weighted by molar-refractivity contribution is 7.22. The molecule has 1 saturated heterocycles. The molecule has 102 valence electrons. The smallest absolute Gasteiger partial charge is 0.186 e. The van der Waals surface area contributed by atoms with Gasteiger partial charge in [-0.25, -0.2) is 4.98 Å². The normalized spacial score (nSPS) is 16.9. The number of hydrogen-bond acceptors (Lipinski definition) is 4. The summed E-state index contributed by atoms with van der Waals surface area (Å²) in [4.78, 5) is 7.16. The van der Waals surface area contributed by atoms with Gasteiger partial charge in [-0.15, -0.1) is 0 Å². The molecule has 0 aliphatic carbocycles. The average molecular weight is 284 g/mol. The first-order valence-corrected chi connectivity index (χ1v) is 7.81. The Morgan fingerprint density at radius 2 is 2.00 bits per heavy atom. The number of aromatic amines is 1. The highest BCUT2D eigenvalue weighted by Gasteiger charge is 2.23. The Balaban J connectivity index is 1.51. The lowest BCUT2D eigenvalue weighted by molar-refractivity contribution is 0.495. The maximum Gasteiger partial charge on any atom is 0.186 e. The number of aromatic nitrogens is 3. The SMILES string of the molecule is c1ccc2sc(N3CCC(c4ccn[nH]4)CC3)nc2c1. The number of para-hydroxylation sites is 1. The minimum atomic E-state index is 0.614. The van der Waals surface area contributed by atoms with Crippen molar-refractivity contribution >= 4 is 26.7 Å². The van der Waals surface area contributed by atoms with Gasteiger partial charge in [0.1, 0.15) is 0 Å². The largest absolute Gasteiger partial charge is 0.348 e. The summed E-state index contributed by atoms with van der Waals surface area (Å²) in [5.41, 5.74) is 2.39. The Labute approximate surface area is 121 Å². The minimum Gasteiger partial charge on any atom is -0.348 e. The number of benzene rings is 1. The van der Waals surface area contributed by atoms with Crippen LogP contribution in [0.25, 0.3) is 10.2 Å². The maximum atomic E-state index is 4.75. The molecule has 5 heteroatoms. The van der Waals surface area contributed by atoms with E-state index < -0.39 is 0 Å². The summed E-state index contributed by atoms with van der Waals surface area (Å²) >= 11 is 1.80. The third-order valence-corrected chi connectivity index (χ3v) is 5.11. The van der Waals surface area contributed by atoms with Crippen molar-refractivity contribution in [2.75, 3.05) is 18.0 Å². The molecule has 0 amide bonds. The van der Waals surface area contributed by atoms with Gasteiger partial charge in [0, 0.05) is 30.9 Å². The zero-order valence-corrected chi connectivity index (χ0v) is 11.9. The van der Waals surface area contributed by atoms with E-state index in [4.69, 9.17) is 4.98 Å². The second-order valence-electron chi connectivity index (χ2n) is 5.24. The second-order valence-corrected chi connectivity index (χ2v) is 6.25. The zero-order valence-electron chi connectivity index (χ0n) is 11.1. The number of rotatable bonds is 2. The fraction of sp³-hybridized carbons (Fsp3) is 0.333. The first-order chi connectivity index (χ1) is 9.90. The van der Waals surface area contributed by atoms with E-state index in [1.807, 2.05) is 6.20 Å². The number of hydrogen-bond donors (Lipinski definition) is 1. The molecule has 1 aromatic carbocycles. The van der Waals surface area contributed by atoms with Crippen molar-refractivity contribution in [3.63, 3.8) is 0 Å². The van der Waals surface area contributed by atoms with Crippen LogP contribution in [-0.4, -0.2) is 28.3 Å². The zero-order chi connectivity index (χ0) is 13.4. The van der Waals surface area contributed by atoms with Crippen LogP contribution in [0.3, 0.4) is 0 Å². The van der Waals surface area contributed by atoms with Crippen molar-refractivity contribution < 1.29 is 0 Å². The van der Waals surface area contributed by atoms with Gasteiger partial charge in [-0.1, -0.05) is 23.5 Å². The second kappa shape index (κ2) is 4.90. The molecule has 0 unspecified atom stereocenters. The number of nitrogens with zero attached hydrogens (tertiary/aromatic N) is 3. The summed E-state index contributed by atoms with van der Waals surface area (Å²) in [6.45, 7) is 2.15. The summed E-state index contributed by atoms with van der Waals surface area (Å²) in [7, 11) is 0. The first kappa shape index (κ1) is 11.9. The predicted octanol–water partition coefficient (Wildman–Crippen LogP) is 3.40. The number of fused-ring (bicyclic) bond motifs is 1. The van der Waals surface area contributed by atoms with E-state index in [1.54, 1.807) is 11.3 Å². The molecule has 3 aromatic rings. The number of anilines is 1. The highest BCUT2D eigenvalue weighted by atomic mass is 32.1. The topological polar surface area (TPSA) is 44.8 Å². The summed E-state index contributed by atoms with van der Waals surface area (Å²) in [6.07, 6.45) is 4.17. The molecule has 3 heterocycles. The molecule has 4 rings (SSSR count). The summed E-state index contributed by atoms with van der Waals surface area (Å²) < 4.78 is 1.28. The Morgan fingerprint density at radius 3 is 2.75 bits per heavy atom. The van der Waals surface area contributed by atoms with Gasteiger partial charge in [-0.05, 0) is 31.0 Å². The van der Waals surface area contributed by atoms with Gasteiger partial charge in [0.05, 0.1) is 10.2 Å². The van der Waals surface area contributed by atoms with Crippen LogP contribution in [0, 0.1) is 0 Å². The Kier molecular flexibility index (Phi) is 2.92. The minimum absolute atomic E-state index is 0.614. The van der Waals surface area contributed by atoms with E-state index in [2.05, 4.69) is 45.4 Å². The molecule has 0 atom stereocenters. The molecule has 4 nitrogen and oxygen atoms in total. The predicted molar refractivity (Wildman–Crippen MR) is 82.4 cm³/mol. The van der Waals surface area contributed by atoms with Crippen molar-refractivity contribution in [2.24, 2.45) is 0 Å².